The van der Waals surface area contributed by atoms with E-state index in [2.05, 4.69) is 20.6 Å². The number of imidazole rings is 1. The van der Waals surface area contributed by atoms with Gasteiger partial charge >= 0.3 is 0 Å². The van der Waals surface area contributed by atoms with E-state index in [0.717, 1.165) is 35.8 Å². The number of anilines is 1. The Labute approximate surface area is 134 Å². The van der Waals surface area contributed by atoms with Crippen molar-refractivity contribution in [2.75, 3.05) is 18.0 Å². The van der Waals surface area contributed by atoms with Crippen LogP contribution in [0.2, 0.25) is 0 Å². The van der Waals surface area contributed by atoms with Gasteiger partial charge in [0.25, 0.3) is 5.56 Å². The molecule has 0 aliphatic carbocycles. The van der Waals surface area contributed by atoms with E-state index >= 15 is 0 Å². The lowest BCUT2D eigenvalue weighted by atomic mass is 10.0. The first kappa shape index (κ1) is 14.0. The number of aryl methyl sites for hydroxylation is 2. The number of fused-ring (bicyclic) bond motifs is 1. The average Bonchev–Trinajstić information content (AvgIpc) is 2.83. The number of nitrogens with zero attached hydrogens (tertiary/aromatic N) is 5. The van der Waals surface area contributed by atoms with Crippen LogP contribution in [0, 0.1) is 12.8 Å². The lowest BCUT2D eigenvalue weighted by molar-refractivity contribution is 0.328. The molecule has 4 rings (SSSR count). The Balaban J connectivity index is 1.49. The molecule has 1 aliphatic rings. The third-order valence-electron chi connectivity index (χ3n) is 4.43. The van der Waals surface area contributed by atoms with Gasteiger partial charge in [-0.2, -0.15) is 5.10 Å². The van der Waals surface area contributed by atoms with Gasteiger partial charge in [0, 0.05) is 32.1 Å². The van der Waals surface area contributed by atoms with Crippen molar-refractivity contribution in [2.24, 2.45) is 13.0 Å². The molecular formula is C17H19N5O. The van der Waals surface area contributed by atoms with Gasteiger partial charge in [-0.25, -0.2) is 9.67 Å². The number of para-hydroxylation sites is 2. The molecule has 0 atom stereocenters. The summed E-state index contributed by atoms with van der Waals surface area (Å²) in [6, 6.07) is 11.5. The summed E-state index contributed by atoms with van der Waals surface area (Å²) in [5, 5.41) is 4.31. The molecule has 3 aromatic rings. The second kappa shape index (κ2) is 5.22. The molecule has 1 fully saturated rings. The molecule has 0 saturated carbocycles. The predicted molar refractivity (Wildman–Crippen MR) is 89.7 cm³/mol. The van der Waals surface area contributed by atoms with Crippen molar-refractivity contribution < 1.29 is 0 Å². The van der Waals surface area contributed by atoms with E-state index in [4.69, 9.17) is 4.98 Å². The van der Waals surface area contributed by atoms with Crippen LogP contribution in [0.15, 0.2) is 41.2 Å². The van der Waals surface area contributed by atoms with Gasteiger partial charge in [-0.1, -0.05) is 12.1 Å². The summed E-state index contributed by atoms with van der Waals surface area (Å²) < 4.78 is 3.70. The van der Waals surface area contributed by atoms with Gasteiger partial charge in [-0.15, -0.1) is 0 Å². The lowest BCUT2D eigenvalue weighted by Gasteiger charge is -2.39. The van der Waals surface area contributed by atoms with Crippen LogP contribution in [0.4, 0.5) is 5.95 Å². The first-order valence-corrected chi connectivity index (χ1v) is 7.83. The van der Waals surface area contributed by atoms with Gasteiger partial charge in [0.15, 0.2) is 0 Å². The molecular weight excluding hydrogens is 290 g/mol. The van der Waals surface area contributed by atoms with Crippen molar-refractivity contribution in [1.82, 2.24) is 19.3 Å². The molecule has 0 unspecified atom stereocenters. The minimum Gasteiger partial charge on any atom is -0.341 e. The van der Waals surface area contributed by atoms with E-state index in [1.165, 1.54) is 0 Å². The molecule has 1 aromatic carbocycles. The summed E-state index contributed by atoms with van der Waals surface area (Å²) in [7, 11) is 2.05. The molecule has 0 N–H and O–H groups in total. The summed E-state index contributed by atoms with van der Waals surface area (Å²) in [5.41, 5.74) is 3.00. The van der Waals surface area contributed by atoms with Crippen LogP contribution in [-0.4, -0.2) is 32.4 Å². The fourth-order valence-electron chi connectivity index (χ4n) is 3.19. The van der Waals surface area contributed by atoms with Crippen LogP contribution >= 0.6 is 0 Å². The summed E-state index contributed by atoms with van der Waals surface area (Å²) in [6.45, 7) is 4.38. The van der Waals surface area contributed by atoms with Gasteiger partial charge in [0.1, 0.15) is 0 Å². The Morgan fingerprint density at radius 2 is 1.96 bits per heavy atom. The molecule has 1 aliphatic heterocycles. The van der Waals surface area contributed by atoms with Crippen LogP contribution in [-0.2, 0) is 13.6 Å². The monoisotopic (exact) mass is 309 g/mol. The molecule has 1 saturated heterocycles. The number of aromatic nitrogens is 4. The fraction of sp³-hybridized carbons (Fsp3) is 0.353. The highest BCUT2D eigenvalue weighted by molar-refractivity contribution is 5.78. The van der Waals surface area contributed by atoms with E-state index in [1.807, 2.05) is 32.2 Å². The first-order valence-electron chi connectivity index (χ1n) is 7.83. The molecule has 0 spiro atoms. The standard InChI is InChI=1S/C17H19N5O/c1-12-7-8-16(23)22(19-12)11-13-9-21(10-13)17-18-14-5-3-4-6-15(14)20(17)2/h3-8,13H,9-11H2,1-2H3. The lowest BCUT2D eigenvalue weighted by Crippen LogP contribution is -2.50. The highest BCUT2D eigenvalue weighted by Crippen LogP contribution is 2.27. The van der Waals surface area contributed by atoms with E-state index in [0.29, 0.717) is 12.5 Å². The van der Waals surface area contributed by atoms with Crippen molar-refractivity contribution >= 4 is 17.0 Å². The SMILES string of the molecule is Cc1ccc(=O)n(CC2CN(c3nc4ccccc4n3C)C2)n1. The average molecular weight is 309 g/mol. The molecule has 6 nitrogen and oxygen atoms in total. The highest BCUT2D eigenvalue weighted by atomic mass is 16.1. The molecule has 23 heavy (non-hydrogen) atoms. The van der Waals surface area contributed by atoms with Crippen LogP contribution < -0.4 is 10.5 Å². The van der Waals surface area contributed by atoms with E-state index in [1.54, 1.807) is 16.8 Å². The van der Waals surface area contributed by atoms with Crippen LogP contribution in [0.3, 0.4) is 0 Å². The largest absolute Gasteiger partial charge is 0.341 e. The predicted octanol–water partition coefficient (Wildman–Crippen LogP) is 1.57. The number of benzene rings is 1. The maximum absolute atomic E-state index is 11.8. The Kier molecular flexibility index (Phi) is 3.18. The molecule has 3 heterocycles. The Morgan fingerprint density at radius 3 is 2.74 bits per heavy atom. The minimum absolute atomic E-state index is 0.0308. The second-order valence-electron chi connectivity index (χ2n) is 6.23. The highest BCUT2D eigenvalue weighted by Gasteiger charge is 2.30. The molecule has 6 heteroatoms. The number of rotatable bonds is 3. The number of hydrogen-bond acceptors (Lipinski definition) is 4. The zero-order valence-electron chi connectivity index (χ0n) is 13.3. The summed E-state index contributed by atoms with van der Waals surface area (Å²) >= 11 is 0. The van der Waals surface area contributed by atoms with Crippen molar-refractivity contribution in [3.63, 3.8) is 0 Å². The minimum atomic E-state index is -0.0308. The summed E-state index contributed by atoms with van der Waals surface area (Å²) in [4.78, 5) is 18.8. The zero-order valence-corrected chi connectivity index (χ0v) is 13.3. The number of hydrogen-bond donors (Lipinski definition) is 0. The Bertz CT molecular complexity index is 920. The summed E-state index contributed by atoms with van der Waals surface area (Å²) in [5.74, 6) is 1.42. The van der Waals surface area contributed by atoms with E-state index in [-0.39, 0.29) is 5.56 Å². The van der Waals surface area contributed by atoms with E-state index < -0.39 is 0 Å². The van der Waals surface area contributed by atoms with Crippen LogP contribution in [0.25, 0.3) is 11.0 Å². The van der Waals surface area contributed by atoms with Crippen molar-refractivity contribution in [3.8, 4) is 0 Å². The smallest absolute Gasteiger partial charge is 0.266 e. The van der Waals surface area contributed by atoms with Gasteiger partial charge < -0.3 is 9.47 Å². The van der Waals surface area contributed by atoms with Gasteiger partial charge in [0.05, 0.1) is 23.3 Å². The van der Waals surface area contributed by atoms with Crippen LogP contribution in [0.1, 0.15) is 5.69 Å². The maximum atomic E-state index is 11.8. The van der Waals surface area contributed by atoms with Gasteiger partial charge in [0.2, 0.25) is 5.95 Å². The molecule has 118 valence electrons. The fourth-order valence-corrected chi connectivity index (χ4v) is 3.19. The van der Waals surface area contributed by atoms with Gasteiger partial charge in [-0.05, 0) is 25.1 Å². The molecule has 2 aromatic heterocycles. The van der Waals surface area contributed by atoms with Gasteiger partial charge in [-0.3, -0.25) is 4.79 Å². The quantitative estimate of drug-likeness (QED) is 0.737. The molecule has 0 radical (unpaired) electrons. The Hall–Kier alpha value is -2.63. The first-order chi connectivity index (χ1) is 11.1. The van der Waals surface area contributed by atoms with Crippen molar-refractivity contribution in [2.45, 2.75) is 13.5 Å². The molecule has 0 bridgehead atoms. The Morgan fingerprint density at radius 1 is 1.17 bits per heavy atom. The van der Waals surface area contributed by atoms with Crippen molar-refractivity contribution in [1.29, 1.82) is 0 Å². The third kappa shape index (κ3) is 2.40. The summed E-state index contributed by atoms with van der Waals surface area (Å²) in [6.07, 6.45) is 0. The van der Waals surface area contributed by atoms with E-state index in [9.17, 15) is 4.79 Å². The normalized spacial score (nSPS) is 15.1. The second-order valence-corrected chi connectivity index (χ2v) is 6.23. The molecule has 0 amide bonds. The maximum Gasteiger partial charge on any atom is 0.266 e. The van der Waals surface area contributed by atoms with Crippen LogP contribution in [0.5, 0.6) is 0 Å². The topological polar surface area (TPSA) is 56.0 Å². The van der Waals surface area contributed by atoms with Crippen molar-refractivity contribution in [3.05, 3.63) is 52.4 Å². The third-order valence-corrected chi connectivity index (χ3v) is 4.43. The zero-order chi connectivity index (χ0) is 16.0.